The summed E-state index contributed by atoms with van der Waals surface area (Å²) < 4.78 is 1.50. The lowest BCUT2D eigenvalue weighted by molar-refractivity contribution is 0.268. The Balaban J connectivity index is 2.47. The van der Waals surface area contributed by atoms with Crippen molar-refractivity contribution in [1.29, 1.82) is 0 Å². The minimum absolute atomic E-state index is 0.165. The zero-order valence-electron chi connectivity index (χ0n) is 6.83. The van der Waals surface area contributed by atoms with Crippen molar-refractivity contribution in [2.24, 2.45) is 0 Å². The lowest BCUT2D eigenvalue weighted by Gasteiger charge is -2.00. The third-order valence-electron chi connectivity index (χ3n) is 1.68. The molecule has 13 heavy (non-hydrogen) atoms. The Morgan fingerprint density at radius 3 is 2.69 bits per heavy atom. The zero-order valence-corrected chi connectivity index (χ0v) is 6.83. The molecule has 0 fully saturated rings. The number of benzene rings is 1. The number of aromatic nitrogens is 4. The van der Waals surface area contributed by atoms with Crippen LogP contribution in [0.3, 0.4) is 0 Å². The fourth-order valence-corrected chi connectivity index (χ4v) is 1.07. The molecule has 0 aliphatic rings. The van der Waals surface area contributed by atoms with Gasteiger partial charge in [-0.3, -0.25) is 0 Å². The van der Waals surface area contributed by atoms with Gasteiger partial charge >= 0.3 is 0 Å². The van der Waals surface area contributed by atoms with Gasteiger partial charge < -0.3 is 5.11 Å². The van der Waals surface area contributed by atoms with Gasteiger partial charge in [0.05, 0.1) is 5.69 Å². The Morgan fingerprint density at radius 2 is 2.00 bits per heavy atom. The highest BCUT2D eigenvalue weighted by Gasteiger charge is 2.04. The molecular formula is C8H8N4O. The summed E-state index contributed by atoms with van der Waals surface area (Å²) in [6.45, 7) is -0.165. The van der Waals surface area contributed by atoms with Gasteiger partial charge in [-0.1, -0.05) is 18.2 Å². The molecule has 0 amide bonds. The van der Waals surface area contributed by atoms with Crippen LogP contribution in [0.4, 0.5) is 0 Å². The number of aliphatic hydroxyl groups excluding tert-OH is 1. The van der Waals surface area contributed by atoms with Gasteiger partial charge in [-0.2, -0.15) is 4.68 Å². The topological polar surface area (TPSA) is 63.8 Å². The van der Waals surface area contributed by atoms with E-state index in [4.69, 9.17) is 5.11 Å². The van der Waals surface area contributed by atoms with E-state index in [2.05, 4.69) is 15.5 Å². The second-order valence-corrected chi connectivity index (χ2v) is 2.50. The van der Waals surface area contributed by atoms with Crippen molar-refractivity contribution in [2.45, 2.75) is 6.61 Å². The highest BCUT2D eigenvalue weighted by molar-refractivity contribution is 5.30. The Kier molecular flexibility index (Phi) is 2.01. The Morgan fingerprint density at radius 1 is 1.23 bits per heavy atom. The minimum atomic E-state index is -0.165. The molecule has 0 aliphatic heterocycles. The van der Waals surface area contributed by atoms with Crippen LogP contribution in [0.2, 0.25) is 0 Å². The van der Waals surface area contributed by atoms with E-state index in [1.165, 1.54) is 4.68 Å². The lowest BCUT2D eigenvalue weighted by Crippen LogP contribution is -2.02. The maximum Gasteiger partial charge on any atom is 0.182 e. The van der Waals surface area contributed by atoms with Gasteiger partial charge in [-0.05, 0) is 22.6 Å². The van der Waals surface area contributed by atoms with Crippen molar-refractivity contribution in [1.82, 2.24) is 20.2 Å². The molecule has 1 aromatic heterocycles. The van der Waals surface area contributed by atoms with Gasteiger partial charge in [0, 0.05) is 0 Å². The molecule has 0 radical (unpaired) electrons. The number of para-hydroxylation sites is 1. The van der Waals surface area contributed by atoms with Crippen LogP contribution < -0.4 is 0 Å². The van der Waals surface area contributed by atoms with E-state index < -0.39 is 0 Å². The van der Waals surface area contributed by atoms with Crippen LogP contribution in [-0.4, -0.2) is 25.3 Å². The van der Waals surface area contributed by atoms with Gasteiger partial charge in [0.2, 0.25) is 0 Å². The first kappa shape index (κ1) is 7.88. The third kappa shape index (κ3) is 1.41. The smallest absolute Gasteiger partial charge is 0.182 e. The summed E-state index contributed by atoms with van der Waals surface area (Å²) in [5.74, 6) is 0.436. The molecular weight excluding hydrogens is 168 g/mol. The molecule has 0 saturated carbocycles. The molecule has 1 N–H and O–H groups in total. The molecule has 1 aromatic carbocycles. The van der Waals surface area contributed by atoms with E-state index in [-0.39, 0.29) is 6.61 Å². The van der Waals surface area contributed by atoms with E-state index in [1.807, 2.05) is 30.3 Å². The van der Waals surface area contributed by atoms with Gasteiger partial charge in [0.25, 0.3) is 0 Å². The number of hydrogen-bond donors (Lipinski definition) is 1. The number of nitrogens with zero attached hydrogens (tertiary/aromatic N) is 4. The molecule has 0 atom stereocenters. The summed E-state index contributed by atoms with van der Waals surface area (Å²) in [7, 11) is 0. The van der Waals surface area contributed by atoms with E-state index in [0.29, 0.717) is 5.82 Å². The van der Waals surface area contributed by atoms with E-state index >= 15 is 0 Å². The monoisotopic (exact) mass is 176 g/mol. The standard InChI is InChI=1S/C8H8N4O/c13-6-8-9-10-11-12(8)7-4-2-1-3-5-7/h1-5,13H,6H2. The van der Waals surface area contributed by atoms with Crippen LogP contribution in [0.1, 0.15) is 5.82 Å². The van der Waals surface area contributed by atoms with Gasteiger partial charge in [0.1, 0.15) is 6.61 Å². The maximum atomic E-state index is 8.91. The average Bonchev–Trinajstić information content (AvgIpc) is 2.67. The highest BCUT2D eigenvalue weighted by Crippen LogP contribution is 2.05. The van der Waals surface area contributed by atoms with Crippen molar-refractivity contribution >= 4 is 0 Å². The molecule has 0 bridgehead atoms. The number of aliphatic hydroxyl groups is 1. The highest BCUT2D eigenvalue weighted by atomic mass is 16.3. The summed E-state index contributed by atoms with van der Waals surface area (Å²) in [4.78, 5) is 0. The molecule has 2 aromatic rings. The van der Waals surface area contributed by atoms with E-state index in [1.54, 1.807) is 0 Å². The normalized spacial score (nSPS) is 10.2. The molecule has 5 heteroatoms. The predicted molar refractivity (Wildman–Crippen MR) is 45.1 cm³/mol. The van der Waals surface area contributed by atoms with Crippen molar-refractivity contribution in [3.63, 3.8) is 0 Å². The molecule has 1 heterocycles. The lowest BCUT2D eigenvalue weighted by atomic mass is 10.3. The second kappa shape index (κ2) is 3.32. The Hall–Kier alpha value is -1.75. The van der Waals surface area contributed by atoms with Crippen molar-refractivity contribution < 1.29 is 5.11 Å². The Labute approximate surface area is 74.6 Å². The fraction of sp³-hybridized carbons (Fsp3) is 0.125. The number of hydrogen-bond acceptors (Lipinski definition) is 4. The molecule has 0 aliphatic carbocycles. The van der Waals surface area contributed by atoms with Crippen molar-refractivity contribution in [3.05, 3.63) is 36.2 Å². The number of tetrazole rings is 1. The molecule has 66 valence electrons. The van der Waals surface area contributed by atoms with E-state index in [9.17, 15) is 0 Å². The van der Waals surface area contributed by atoms with Crippen LogP contribution in [0.5, 0.6) is 0 Å². The number of rotatable bonds is 2. The molecule has 0 unspecified atom stereocenters. The average molecular weight is 176 g/mol. The predicted octanol–water partition coefficient (Wildman–Crippen LogP) is 0.155. The van der Waals surface area contributed by atoms with Gasteiger partial charge in [-0.15, -0.1) is 5.10 Å². The molecule has 5 nitrogen and oxygen atoms in total. The molecule has 0 saturated heterocycles. The zero-order chi connectivity index (χ0) is 9.10. The molecule has 0 spiro atoms. The second-order valence-electron chi connectivity index (χ2n) is 2.50. The molecule has 2 rings (SSSR count). The van der Waals surface area contributed by atoms with Crippen LogP contribution in [0.15, 0.2) is 30.3 Å². The van der Waals surface area contributed by atoms with Crippen LogP contribution in [0, 0.1) is 0 Å². The van der Waals surface area contributed by atoms with Crippen molar-refractivity contribution in [2.75, 3.05) is 0 Å². The SMILES string of the molecule is OCc1nnnn1-c1ccccc1. The van der Waals surface area contributed by atoms with Crippen LogP contribution >= 0.6 is 0 Å². The summed E-state index contributed by atoms with van der Waals surface area (Å²) in [6.07, 6.45) is 0. The first-order valence-corrected chi connectivity index (χ1v) is 3.85. The summed E-state index contributed by atoms with van der Waals surface area (Å²) in [6, 6.07) is 9.42. The maximum absolute atomic E-state index is 8.91. The van der Waals surface area contributed by atoms with Crippen LogP contribution in [-0.2, 0) is 6.61 Å². The van der Waals surface area contributed by atoms with Gasteiger partial charge in [-0.25, -0.2) is 0 Å². The summed E-state index contributed by atoms with van der Waals surface area (Å²) in [5, 5.41) is 19.8. The van der Waals surface area contributed by atoms with Crippen molar-refractivity contribution in [3.8, 4) is 5.69 Å². The Bertz CT molecular complexity index is 384. The summed E-state index contributed by atoms with van der Waals surface area (Å²) >= 11 is 0. The van der Waals surface area contributed by atoms with Gasteiger partial charge in [0.15, 0.2) is 5.82 Å². The first-order valence-electron chi connectivity index (χ1n) is 3.85. The first-order chi connectivity index (χ1) is 6.42. The third-order valence-corrected chi connectivity index (χ3v) is 1.68. The van der Waals surface area contributed by atoms with Crippen LogP contribution in [0.25, 0.3) is 5.69 Å². The fourth-order valence-electron chi connectivity index (χ4n) is 1.07. The largest absolute Gasteiger partial charge is 0.388 e. The summed E-state index contributed by atoms with van der Waals surface area (Å²) in [5.41, 5.74) is 0.844. The van der Waals surface area contributed by atoms with E-state index in [0.717, 1.165) is 5.69 Å². The quantitative estimate of drug-likeness (QED) is 0.707. The minimum Gasteiger partial charge on any atom is -0.388 e.